The number of hydrogen-bond acceptors (Lipinski definition) is 3. The molecule has 0 spiro atoms. The molecule has 0 aliphatic rings. The SMILES string of the molecule is CC(=O)c1cccc(N/C(=N\S(=O)(=O)c2ccccc2)c2ccc(F)cc2)c1. The second-order valence-corrected chi connectivity index (χ2v) is 7.60. The largest absolute Gasteiger partial charge is 0.339 e. The van der Waals surface area contributed by atoms with E-state index in [2.05, 4.69) is 9.71 Å². The fourth-order valence-electron chi connectivity index (χ4n) is 2.47. The van der Waals surface area contributed by atoms with Gasteiger partial charge in [0.2, 0.25) is 0 Å². The van der Waals surface area contributed by atoms with E-state index in [-0.39, 0.29) is 16.5 Å². The van der Waals surface area contributed by atoms with Gasteiger partial charge in [0.05, 0.1) is 4.90 Å². The number of carbonyl (C=O) groups excluding carboxylic acids is 1. The number of hydrogen-bond donors (Lipinski definition) is 1. The number of amidine groups is 1. The van der Waals surface area contributed by atoms with E-state index in [0.717, 1.165) is 0 Å². The maximum Gasteiger partial charge on any atom is 0.284 e. The van der Waals surface area contributed by atoms with Gasteiger partial charge in [-0.05, 0) is 55.5 Å². The Morgan fingerprint density at radius 1 is 0.893 bits per heavy atom. The Hall–Kier alpha value is -3.32. The molecule has 28 heavy (non-hydrogen) atoms. The molecule has 0 aliphatic heterocycles. The van der Waals surface area contributed by atoms with Gasteiger partial charge in [0, 0.05) is 16.8 Å². The van der Waals surface area contributed by atoms with Crippen molar-refractivity contribution in [1.82, 2.24) is 0 Å². The number of carbonyl (C=O) groups is 1. The van der Waals surface area contributed by atoms with Gasteiger partial charge in [-0.25, -0.2) is 4.39 Å². The third-order valence-electron chi connectivity index (χ3n) is 3.90. The topological polar surface area (TPSA) is 75.6 Å². The molecular formula is C21H17FN2O3S. The first-order chi connectivity index (χ1) is 13.3. The van der Waals surface area contributed by atoms with Crippen LogP contribution in [0.4, 0.5) is 10.1 Å². The fraction of sp³-hybridized carbons (Fsp3) is 0.0476. The summed E-state index contributed by atoms with van der Waals surface area (Å²) in [6, 6.07) is 19.7. The van der Waals surface area contributed by atoms with Gasteiger partial charge in [-0.1, -0.05) is 30.3 Å². The van der Waals surface area contributed by atoms with E-state index >= 15 is 0 Å². The molecule has 0 bridgehead atoms. The molecule has 0 aliphatic carbocycles. The van der Waals surface area contributed by atoms with Crippen LogP contribution in [0.5, 0.6) is 0 Å². The van der Waals surface area contributed by atoms with Crippen LogP contribution in [-0.4, -0.2) is 20.0 Å². The van der Waals surface area contributed by atoms with Gasteiger partial charge in [-0.15, -0.1) is 4.40 Å². The summed E-state index contributed by atoms with van der Waals surface area (Å²) in [5.41, 5.74) is 1.34. The van der Waals surface area contributed by atoms with Crippen molar-refractivity contribution >= 4 is 27.3 Å². The average molecular weight is 396 g/mol. The third-order valence-corrected chi connectivity index (χ3v) is 5.19. The van der Waals surface area contributed by atoms with E-state index in [1.165, 1.54) is 43.3 Å². The predicted octanol–water partition coefficient (Wildman–Crippen LogP) is 4.28. The summed E-state index contributed by atoms with van der Waals surface area (Å²) in [6.45, 7) is 1.44. The van der Waals surface area contributed by atoms with Gasteiger partial charge < -0.3 is 5.32 Å². The standard InChI is InChI=1S/C21H17FN2O3S/c1-15(25)17-6-5-7-19(14-17)23-21(16-10-12-18(22)13-11-16)24-28(26,27)20-8-3-2-4-9-20/h2-14H,1H3,(H,23,24). The zero-order valence-corrected chi connectivity index (χ0v) is 15.8. The lowest BCUT2D eigenvalue weighted by atomic mass is 10.1. The Bertz CT molecular complexity index is 1130. The van der Waals surface area contributed by atoms with E-state index < -0.39 is 15.8 Å². The second kappa shape index (κ2) is 8.14. The monoisotopic (exact) mass is 396 g/mol. The second-order valence-electron chi connectivity index (χ2n) is 6.00. The van der Waals surface area contributed by atoms with Crippen LogP contribution in [0, 0.1) is 5.82 Å². The van der Waals surface area contributed by atoms with Gasteiger partial charge >= 0.3 is 0 Å². The summed E-state index contributed by atoms with van der Waals surface area (Å²) in [5, 5.41) is 2.93. The van der Waals surface area contributed by atoms with Crippen molar-refractivity contribution in [2.24, 2.45) is 4.40 Å². The fourth-order valence-corrected chi connectivity index (χ4v) is 3.47. The maximum absolute atomic E-state index is 13.3. The lowest BCUT2D eigenvalue weighted by Gasteiger charge is -2.11. The number of nitrogens with one attached hydrogen (secondary N) is 1. The van der Waals surface area contributed by atoms with Crippen molar-refractivity contribution in [1.29, 1.82) is 0 Å². The number of sulfonamides is 1. The van der Waals surface area contributed by atoms with Crippen molar-refractivity contribution in [3.05, 3.63) is 95.8 Å². The van der Waals surface area contributed by atoms with Crippen molar-refractivity contribution in [2.45, 2.75) is 11.8 Å². The summed E-state index contributed by atoms with van der Waals surface area (Å²) in [5.74, 6) is -0.557. The van der Waals surface area contributed by atoms with Crippen LogP contribution < -0.4 is 5.32 Å². The van der Waals surface area contributed by atoms with Crippen molar-refractivity contribution in [2.75, 3.05) is 5.32 Å². The molecule has 0 amide bonds. The minimum atomic E-state index is -4.00. The lowest BCUT2D eigenvalue weighted by Crippen LogP contribution is -2.16. The van der Waals surface area contributed by atoms with Gasteiger partial charge in [0.25, 0.3) is 10.0 Å². The Kier molecular flexibility index (Phi) is 5.65. The highest BCUT2D eigenvalue weighted by atomic mass is 32.2. The summed E-state index contributed by atoms with van der Waals surface area (Å²) in [6.07, 6.45) is 0. The number of rotatable bonds is 5. The van der Waals surface area contributed by atoms with E-state index in [1.54, 1.807) is 42.5 Å². The quantitative estimate of drug-likeness (QED) is 0.397. The first kappa shape index (κ1) is 19.4. The van der Waals surface area contributed by atoms with Crippen molar-refractivity contribution in [3.63, 3.8) is 0 Å². The molecule has 0 saturated heterocycles. The molecule has 7 heteroatoms. The van der Waals surface area contributed by atoms with Crippen molar-refractivity contribution < 1.29 is 17.6 Å². The van der Waals surface area contributed by atoms with E-state index in [0.29, 0.717) is 16.8 Å². The number of benzene rings is 3. The van der Waals surface area contributed by atoms with Crippen LogP contribution in [0.3, 0.4) is 0 Å². The third kappa shape index (κ3) is 4.69. The molecular weight excluding hydrogens is 379 g/mol. The zero-order valence-electron chi connectivity index (χ0n) is 15.0. The Morgan fingerprint density at radius 2 is 1.57 bits per heavy atom. The molecule has 3 aromatic carbocycles. The first-order valence-corrected chi connectivity index (χ1v) is 9.83. The maximum atomic E-state index is 13.3. The van der Waals surface area contributed by atoms with Crippen LogP contribution in [0.1, 0.15) is 22.8 Å². The number of Topliss-reactive ketones (excluding diaryl/α,β-unsaturated/α-hetero) is 1. The van der Waals surface area contributed by atoms with E-state index in [4.69, 9.17) is 0 Å². The molecule has 0 heterocycles. The smallest absolute Gasteiger partial charge is 0.284 e. The molecule has 0 saturated carbocycles. The molecule has 3 aromatic rings. The molecule has 142 valence electrons. The summed E-state index contributed by atoms with van der Waals surface area (Å²) >= 11 is 0. The molecule has 0 atom stereocenters. The van der Waals surface area contributed by atoms with Crippen LogP contribution in [-0.2, 0) is 10.0 Å². The zero-order chi connectivity index (χ0) is 20.1. The molecule has 0 radical (unpaired) electrons. The molecule has 0 fully saturated rings. The summed E-state index contributed by atoms with van der Waals surface area (Å²) < 4.78 is 42.6. The number of halogens is 1. The summed E-state index contributed by atoms with van der Waals surface area (Å²) in [7, 11) is -4.00. The normalized spacial score (nSPS) is 11.9. The summed E-state index contributed by atoms with van der Waals surface area (Å²) in [4.78, 5) is 11.6. The minimum Gasteiger partial charge on any atom is -0.339 e. The Labute approximate surface area is 162 Å². The van der Waals surface area contributed by atoms with Crippen LogP contribution >= 0.6 is 0 Å². The van der Waals surface area contributed by atoms with Crippen LogP contribution in [0.15, 0.2) is 88.2 Å². The molecule has 0 unspecified atom stereocenters. The predicted molar refractivity (Wildman–Crippen MR) is 107 cm³/mol. The molecule has 0 aromatic heterocycles. The minimum absolute atomic E-state index is 0.0181. The highest BCUT2D eigenvalue weighted by molar-refractivity contribution is 7.90. The average Bonchev–Trinajstić information content (AvgIpc) is 2.69. The van der Waals surface area contributed by atoms with Crippen LogP contribution in [0.25, 0.3) is 0 Å². The van der Waals surface area contributed by atoms with Crippen molar-refractivity contribution in [3.8, 4) is 0 Å². The Balaban J connectivity index is 2.07. The molecule has 3 rings (SSSR count). The first-order valence-electron chi connectivity index (χ1n) is 8.39. The number of ketones is 1. The van der Waals surface area contributed by atoms with Gasteiger partial charge in [-0.2, -0.15) is 8.42 Å². The van der Waals surface area contributed by atoms with Gasteiger partial charge in [-0.3, -0.25) is 4.79 Å². The lowest BCUT2D eigenvalue weighted by molar-refractivity contribution is 0.101. The van der Waals surface area contributed by atoms with E-state index in [1.807, 2.05) is 0 Å². The van der Waals surface area contributed by atoms with Gasteiger partial charge in [0.15, 0.2) is 11.6 Å². The highest BCUT2D eigenvalue weighted by Crippen LogP contribution is 2.17. The molecule has 1 N–H and O–H groups in total. The highest BCUT2D eigenvalue weighted by Gasteiger charge is 2.16. The number of nitrogens with zero attached hydrogens (tertiary/aromatic N) is 1. The van der Waals surface area contributed by atoms with Crippen LogP contribution in [0.2, 0.25) is 0 Å². The Morgan fingerprint density at radius 3 is 2.21 bits per heavy atom. The van der Waals surface area contributed by atoms with E-state index in [9.17, 15) is 17.6 Å². The molecule has 5 nitrogen and oxygen atoms in total. The number of anilines is 1. The van der Waals surface area contributed by atoms with Gasteiger partial charge in [0.1, 0.15) is 5.82 Å².